The molecule has 4 aromatic rings. The predicted octanol–water partition coefficient (Wildman–Crippen LogP) is 6.19. The molecule has 4 rings (SSSR count). The van der Waals surface area contributed by atoms with E-state index in [-0.39, 0.29) is 5.91 Å². The molecule has 0 heterocycles. The topological polar surface area (TPSA) is 76.7 Å². The van der Waals surface area contributed by atoms with Gasteiger partial charge in [0.2, 0.25) is 5.91 Å². The van der Waals surface area contributed by atoms with Crippen LogP contribution < -0.4 is 20.1 Å². The highest BCUT2D eigenvalue weighted by Gasteiger charge is 2.18. The zero-order valence-electron chi connectivity index (χ0n) is 18.4. The minimum absolute atomic E-state index is 0.181. The van der Waals surface area contributed by atoms with Gasteiger partial charge in [-0.05, 0) is 37.6 Å². The molecular formula is C26H24N2O4. The number of benzene rings is 4. The van der Waals surface area contributed by atoms with Crippen LogP contribution in [-0.4, -0.2) is 19.1 Å². The molecule has 0 fully saturated rings. The smallest absolute Gasteiger partial charge is 0.417 e. The number of nitrogens with one attached hydrogen (secondary N) is 2. The number of fused-ring (bicyclic) bond motifs is 2. The van der Waals surface area contributed by atoms with Crippen molar-refractivity contribution >= 4 is 44.9 Å². The van der Waals surface area contributed by atoms with Gasteiger partial charge in [0.15, 0.2) is 0 Å². The summed E-state index contributed by atoms with van der Waals surface area (Å²) in [4.78, 5) is 24.3. The lowest BCUT2D eigenvalue weighted by Crippen LogP contribution is -2.17. The van der Waals surface area contributed by atoms with Crippen molar-refractivity contribution in [2.45, 2.75) is 20.8 Å². The first kappa shape index (κ1) is 21.2. The van der Waals surface area contributed by atoms with Crippen LogP contribution >= 0.6 is 0 Å². The van der Waals surface area contributed by atoms with Crippen molar-refractivity contribution in [3.63, 3.8) is 0 Å². The monoisotopic (exact) mass is 428 g/mol. The number of carbonyl (C=O) groups is 2. The first-order valence-electron chi connectivity index (χ1n) is 10.2. The van der Waals surface area contributed by atoms with Gasteiger partial charge in [-0.2, -0.15) is 0 Å². The molecule has 2 amide bonds. The second-order valence-electron chi connectivity index (χ2n) is 7.68. The third-order valence-corrected chi connectivity index (χ3v) is 5.27. The van der Waals surface area contributed by atoms with Gasteiger partial charge in [-0.3, -0.25) is 10.1 Å². The van der Waals surface area contributed by atoms with Crippen LogP contribution in [0.2, 0.25) is 0 Å². The molecule has 6 heteroatoms. The van der Waals surface area contributed by atoms with Crippen LogP contribution in [0.1, 0.15) is 18.1 Å². The molecule has 0 atom stereocenters. The molecule has 0 bridgehead atoms. The first-order chi connectivity index (χ1) is 15.4. The van der Waals surface area contributed by atoms with Crippen molar-refractivity contribution in [2.75, 3.05) is 17.7 Å². The average Bonchev–Trinajstić information content (AvgIpc) is 2.75. The second kappa shape index (κ2) is 8.59. The van der Waals surface area contributed by atoms with E-state index in [2.05, 4.69) is 10.6 Å². The Kier molecular flexibility index (Phi) is 5.69. The van der Waals surface area contributed by atoms with Gasteiger partial charge in [0, 0.05) is 39.8 Å². The number of hydrogen-bond donors (Lipinski definition) is 2. The predicted molar refractivity (Wildman–Crippen MR) is 128 cm³/mol. The molecule has 32 heavy (non-hydrogen) atoms. The maximum atomic E-state index is 12.9. The van der Waals surface area contributed by atoms with E-state index in [4.69, 9.17) is 9.47 Å². The number of anilines is 2. The molecule has 6 nitrogen and oxygen atoms in total. The third-order valence-electron chi connectivity index (χ3n) is 5.27. The highest BCUT2D eigenvalue weighted by Crippen LogP contribution is 2.43. The number of carbonyl (C=O) groups excluding carboxylic acids is 2. The standard InChI is InChI=1S/C26H24N2O4/c1-15-9-12-21-22(13-15)24(31-4)19-7-5-6-8-20(19)25(21)32-26(30)28-18-11-10-16(2)23(14-18)27-17(3)29/h5-14H,1-4H3,(H,27,29)(H,28,30). The van der Waals surface area contributed by atoms with Crippen molar-refractivity contribution in [3.8, 4) is 11.5 Å². The lowest BCUT2D eigenvalue weighted by Gasteiger charge is -2.16. The first-order valence-corrected chi connectivity index (χ1v) is 10.2. The zero-order chi connectivity index (χ0) is 22.8. The number of rotatable bonds is 4. The van der Waals surface area contributed by atoms with E-state index in [1.807, 2.05) is 62.4 Å². The lowest BCUT2D eigenvalue weighted by atomic mass is 9.99. The molecule has 4 aromatic carbocycles. The molecule has 2 N–H and O–H groups in total. The maximum absolute atomic E-state index is 12.9. The number of methoxy groups -OCH3 is 1. The fourth-order valence-corrected chi connectivity index (χ4v) is 3.80. The summed E-state index contributed by atoms with van der Waals surface area (Å²) >= 11 is 0. The fraction of sp³-hybridized carbons (Fsp3) is 0.154. The van der Waals surface area contributed by atoms with E-state index < -0.39 is 6.09 Å². The van der Waals surface area contributed by atoms with Crippen LogP contribution in [0.3, 0.4) is 0 Å². The minimum Gasteiger partial charge on any atom is -0.495 e. The molecule has 0 aliphatic heterocycles. The molecule has 0 aliphatic rings. The van der Waals surface area contributed by atoms with E-state index in [9.17, 15) is 9.59 Å². The maximum Gasteiger partial charge on any atom is 0.417 e. The molecule has 0 saturated heterocycles. The lowest BCUT2D eigenvalue weighted by molar-refractivity contribution is -0.114. The number of aryl methyl sites for hydroxylation is 2. The number of hydrogen-bond acceptors (Lipinski definition) is 4. The van der Waals surface area contributed by atoms with E-state index in [1.165, 1.54) is 6.92 Å². The van der Waals surface area contributed by atoms with Gasteiger partial charge in [-0.25, -0.2) is 4.79 Å². The highest BCUT2D eigenvalue weighted by molar-refractivity contribution is 6.12. The zero-order valence-corrected chi connectivity index (χ0v) is 18.4. The van der Waals surface area contributed by atoms with Crippen molar-refractivity contribution in [1.82, 2.24) is 0 Å². The Morgan fingerprint density at radius 3 is 2.16 bits per heavy atom. The Balaban J connectivity index is 1.74. The summed E-state index contributed by atoms with van der Waals surface area (Å²) in [5.74, 6) is 1.02. The van der Waals surface area contributed by atoms with E-state index in [0.717, 1.165) is 38.4 Å². The van der Waals surface area contributed by atoms with Crippen molar-refractivity contribution in [2.24, 2.45) is 0 Å². The Morgan fingerprint density at radius 1 is 0.781 bits per heavy atom. The van der Waals surface area contributed by atoms with Gasteiger partial charge >= 0.3 is 6.09 Å². The van der Waals surface area contributed by atoms with Crippen LogP contribution in [0.25, 0.3) is 21.5 Å². The van der Waals surface area contributed by atoms with Crippen molar-refractivity contribution in [3.05, 3.63) is 71.8 Å². The van der Waals surface area contributed by atoms with Crippen molar-refractivity contribution in [1.29, 1.82) is 0 Å². The van der Waals surface area contributed by atoms with Crippen LogP contribution in [0, 0.1) is 13.8 Å². The van der Waals surface area contributed by atoms with Crippen LogP contribution in [-0.2, 0) is 4.79 Å². The SMILES string of the molecule is COc1c2ccccc2c(OC(=O)Nc2ccc(C)c(NC(C)=O)c2)c2ccc(C)cc12. The molecular weight excluding hydrogens is 404 g/mol. The van der Waals surface area contributed by atoms with Gasteiger partial charge in [0.25, 0.3) is 0 Å². The summed E-state index contributed by atoms with van der Waals surface area (Å²) in [5.41, 5.74) is 3.11. The second-order valence-corrected chi connectivity index (χ2v) is 7.68. The Labute approximate surface area is 186 Å². The van der Waals surface area contributed by atoms with Crippen LogP contribution in [0.4, 0.5) is 16.2 Å². The summed E-state index contributed by atoms with van der Waals surface area (Å²) < 4.78 is 11.6. The van der Waals surface area contributed by atoms with E-state index in [1.54, 1.807) is 19.2 Å². The van der Waals surface area contributed by atoms with Crippen LogP contribution in [0.15, 0.2) is 60.7 Å². The molecule has 162 valence electrons. The summed E-state index contributed by atoms with van der Waals surface area (Å²) in [6.07, 6.45) is -0.625. The van der Waals surface area contributed by atoms with E-state index in [0.29, 0.717) is 17.1 Å². The van der Waals surface area contributed by atoms with E-state index >= 15 is 0 Å². The number of ether oxygens (including phenoxy) is 2. The summed E-state index contributed by atoms with van der Waals surface area (Å²) in [7, 11) is 1.64. The molecule has 0 spiro atoms. The molecule has 0 aromatic heterocycles. The minimum atomic E-state index is -0.625. The van der Waals surface area contributed by atoms with Crippen LogP contribution in [0.5, 0.6) is 11.5 Å². The van der Waals surface area contributed by atoms with Gasteiger partial charge in [0.1, 0.15) is 11.5 Å². The largest absolute Gasteiger partial charge is 0.495 e. The van der Waals surface area contributed by atoms with Gasteiger partial charge in [-0.1, -0.05) is 48.0 Å². The Morgan fingerprint density at radius 2 is 1.47 bits per heavy atom. The molecule has 0 unspecified atom stereocenters. The molecule has 0 aliphatic carbocycles. The number of amides is 2. The van der Waals surface area contributed by atoms with Crippen molar-refractivity contribution < 1.29 is 19.1 Å². The molecule has 0 saturated carbocycles. The van der Waals surface area contributed by atoms with Gasteiger partial charge in [0.05, 0.1) is 7.11 Å². The Hall–Kier alpha value is -4.06. The normalized spacial score (nSPS) is 10.8. The van der Waals surface area contributed by atoms with Gasteiger partial charge < -0.3 is 14.8 Å². The quantitative estimate of drug-likeness (QED) is 0.380. The Bertz CT molecular complexity index is 1360. The van der Waals surface area contributed by atoms with Gasteiger partial charge in [-0.15, -0.1) is 0 Å². The summed E-state index contributed by atoms with van der Waals surface area (Å²) in [5, 5.41) is 8.81. The molecule has 0 radical (unpaired) electrons. The summed E-state index contributed by atoms with van der Waals surface area (Å²) in [6.45, 7) is 5.33. The highest BCUT2D eigenvalue weighted by atomic mass is 16.6. The third kappa shape index (κ3) is 4.07. The average molecular weight is 428 g/mol. The summed E-state index contributed by atoms with van der Waals surface area (Å²) in [6, 6.07) is 18.9. The fourth-order valence-electron chi connectivity index (χ4n) is 3.80.